The Morgan fingerprint density at radius 3 is 2.31 bits per heavy atom. The van der Waals surface area contributed by atoms with Gasteiger partial charge in [0.1, 0.15) is 13.2 Å². The molecule has 0 aromatic heterocycles. The molecule has 0 bridgehead atoms. The van der Waals surface area contributed by atoms with Crippen LogP contribution in [0, 0.1) is 0 Å². The number of hydrogen-bond acceptors (Lipinski definition) is 7. The minimum Gasteiger partial charge on any atom is -0.490 e. The van der Waals surface area contributed by atoms with Gasteiger partial charge in [0.2, 0.25) is 5.91 Å². The Kier molecular flexibility index (Phi) is 9.91. The summed E-state index contributed by atoms with van der Waals surface area (Å²) >= 11 is 7.83. The fourth-order valence-corrected chi connectivity index (χ4v) is 6.18. The summed E-state index contributed by atoms with van der Waals surface area (Å²) in [5.41, 5.74) is 2.77. The summed E-state index contributed by atoms with van der Waals surface area (Å²) in [4.78, 5) is 44.2. The highest BCUT2D eigenvalue weighted by Crippen LogP contribution is 2.38. The van der Waals surface area contributed by atoms with Gasteiger partial charge in [-0.05, 0) is 72.3 Å². The maximum Gasteiger partial charge on any atom is 0.294 e. The number of ether oxygens (including phenoxy) is 2. The summed E-state index contributed by atoms with van der Waals surface area (Å²) in [5, 5.41) is -0.460. The van der Waals surface area contributed by atoms with Crippen molar-refractivity contribution in [1.82, 2.24) is 9.80 Å². The first-order valence-electron chi connectivity index (χ1n) is 13.5. The summed E-state index contributed by atoms with van der Waals surface area (Å²) in [5.74, 6) is 0.350. The van der Waals surface area contributed by atoms with E-state index in [0.29, 0.717) is 60.9 Å². The van der Waals surface area contributed by atoms with Gasteiger partial charge in [0.25, 0.3) is 11.1 Å². The number of hydrogen-bond donors (Lipinski definition) is 0. The molecule has 0 unspecified atom stereocenters. The van der Waals surface area contributed by atoms with Gasteiger partial charge in [-0.3, -0.25) is 19.3 Å². The first-order valence-corrected chi connectivity index (χ1v) is 15.9. The van der Waals surface area contributed by atoms with E-state index in [9.17, 15) is 14.4 Å². The summed E-state index contributed by atoms with van der Waals surface area (Å²) in [6.45, 7) is 4.83. The molecule has 3 amide bonds. The average Bonchev–Trinajstić information content (AvgIpc) is 3.26. The highest BCUT2D eigenvalue weighted by molar-refractivity contribution is 9.10. The van der Waals surface area contributed by atoms with Crippen LogP contribution in [0.1, 0.15) is 18.1 Å². The van der Waals surface area contributed by atoms with Crippen molar-refractivity contribution < 1.29 is 23.9 Å². The highest BCUT2D eigenvalue weighted by Gasteiger charge is 2.37. The van der Waals surface area contributed by atoms with Crippen LogP contribution in [-0.4, -0.2) is 66.2 Å². The lowest BCUT2D eigenvalue weighted by atomic mass is 10.1. The molecular formula is C31H29Br2N3O5S. The van der Waals surface area contributed by atoms with Crippen LogP contribution in [0.4, 0.5) is 10.5 Å². The first kappa shape index (κ1) is 30.2. The van der Waals surface area contributed by atoms with E-state index in [-0.39, 0.29) is 17.4 Å². The Morgan fingerprint density at radius 1 is 0.929 bits per heavy atom. The Balaban J connectivity index is 1.24. The molecule has 0 radical (unpaired) electrons. The van der Waals surface area contributed by atoms with Gasteiger partial charge in [0, 0.05) is 40.8 Å². The molecule has 0 spiro atoms. The zero-order valence-electron chi connectivity index (χ0n) is 22.9. The van der Waals surface area contributed by atoms with E-state index in [1.165, 1.54) is 0 Å². The summed E-state index contributed by atoms with van der Waals surface area (Å²) < 4.78 is 13.5. The van der Waals surface area contributed by atoms with Crippen molar-refractivity contribution in [3.05, 3.63) is 91.7 Å². The van der Waals surface area contributed by atoms with Crippen molar-refractivity contribution >= 4 is 72.4 Å². The van der Waals surface area contributed by atoms with Crippen LogP contribution in [-0.2, 0) is 16.2 Å². The number of thioether (sulfide) groups is 1. The van der Waals surface area contributed by atoms with Gasteiger partial charge in [-0.25, -0.2) is 0 Å². The Morgan fingerprint density at radius 2 is 1.62 bits per heavy atom. The standard InChI is InChI=1S/C31H29Br2N3O5S/c1-2-40-26-16-22(25(33)18-27(26)41-20-21-8-10-23(32)11-9-21)17-28-30(38)36(31(39)42-28)19-29(37)35-14-12-34(13-15-35)24-6-4-3-5-7-24/h3-11,16-18H,2,12-15,19-20H2,1H3/b28-17+. The molecule has 2 fully saturated rings. The summed E-state index contributed by atoms with van der Waals surface area (Å²) in [7, 11) is 0. The van der Waals surface area contributed by atoms with Crippen LogP contribution in [0.25, 0.3) is 6.08 Å². The van der Waals surface area contributed by atoms with Gasteiger partial charge in [-0.2, -0.15) is 0 Å². The lowest BCUT2D eigenvalue weighted by Crippen LogP contribution is -2.51. The quantitative estimate of drug-likeness (QED) is 0.232. The number of carbonyl (C=O) groups excluding carboxylic acids is 3. The van der Waals surface area contributed by atoms with Crippen molar-refractivity contribution in [2.24, 2.45) is 0 Å². The van der Waals surface area contributed by atoms with Gasteiger partial charge in [-0.1, -0.05) is 62.2 Å². The van der Waals surface area contributed by atoms with Crippen molar-refractivity contribution in [2.75, 3.05) is 44.2 Å². The number of benzene rings is 3. The predicted octanol–water partition coefficient (Wildman–Crippen LogP) is 6.57. The molecule has 11 heteroatoms. The SMILES string of the molecule is CCOc1cc(/C=C2/SC(=O)N(CC(=O)N3CCN(c4ccccc4)CC3)C2=O)c(Br)cc1OCc1ccc(Br)cc1. The number of nitrogens with zero attached hydrogens (tertiary/aromatic N) is 3. The molecule has 42 heavy (non-hydrogen) atoms. The molecule has 0 saturated carbocycles. The van der Waals surface area contributed by atoms with E-state index >= 15 is 0 Å². The number of carbonyl (C=O) groups is 3. The molecule has 3 aromatic carbocycles. The van der Waals surface area contributed by atoms with Crippen LogP contribution in [0.2, 0.25) is 0 Å². The topological polar surface area (TPSA) is 79.4 Å². The van der Waals surface area contributed by atoms with Crippen molar-refractivity contribution in [3.8, 4) is 11.5 Å². The number of rotatable bonds is 9. The monoisotopic (exact) mass is 713 g/mol. The number of imide groups is 1. The van der Waals surface area contributed by atoms with Crippen molar-refractivity contribution in [1.29, 1.82) is 0 Å². The molecule has 0 atom stereocenters. The smallest absolute Gasteiger partial charge is 0.294 e. The minimum atomic E-state index is -0.485. The molecule has 2 aliphatic heterocycles. The van der Waals surface area contributed by atoms with E-state index in [1.54, 1.807) is 23.1 Å². The lowest BCUT2D eigenvalue weighted by Gasteiger charge is -2.36. The Hall–Kier alpha value is -3.28. The molecule has 0 N–H and O–H groups in total. The molecule has 3 aromatic rings. The molecule has 8 nitrogen and oxygen atoms in total. The lowest BCUT2D eigenvalue weighted by molar-refractivity contribution is -0.136. The van der Waals surface area contributed by atoms with Gasteiger partial charge < -0.3 is 19.3 Å². The van der Waals surface area contributed by atoms with E-state index in [0.717, 1.165) is 32.4 Å². The highest BCUT2D eigenvalue weighted by atomic mass is 79.9. The number of amides is 3. The summed E-state index contributed by atoms with van der Waals surface area (Å²) in [6.07, 6.45) is 1.64. The van der Waals surface area contributed by atoms with E-state index < -0.39 is 11.1 Å². The number of para-hydroxylation sites is 1. The van der Waals surface area contributed by atoms with Gasteiger partial charge in [-0.15, -0.1) is 0 Å². The summed E-state index contributed by atoms with van der Waals surface area (Å²) in [6, 6.07) is 21.5. The molecule has 2 heterocycles. The maximum absolute atomic E-state index is 13.2. The Labute approximate surface area is 265 Å². The molecule has 2 aliphatic rings. The van der Waals surface area contributed by atoms with Gasteiger partial charge in [0.15, 0.2) is 11.5 Å². The van der Waals surface area contributed by atoms with Crippen molar-refractivity contribution in [3.63, 3.8) is 0 Å². The zero-order valence-corrected chi connectivity index (χ0v) is 26.9. The molecule has 0 aliphatic carbocycles. The average molecular weight is 715 g/mol. The zero-order chi connectivity index (χ0) is 29.6. The van der Waals surface area contributed by atoms with E-state index in [1.807, 2.05) is 61.5 Å². The minimum absolute atomic E-state index is 0.238. The molecule has 5 rings (SSSR count). The van der Waals surface area contributed by atoms with Gasteiger partial charge in [0.05, 0.1) is 11.5 Å². The number of piperazine rings is 1. The van der Waals surface area contributed by atoms with Crippen LogP contribution >= 0.6 is 43.6 Å². The second-order valence-corrected chi connectivity index (χ2v) is 12.4. The normalized spacial score (nSPS) is 16.4. The second-order valence-electron chi connectivity index (χ2n) is 9.64. The third-order valence-corrected chi connectivity index (χ3v) is 9.00. The fourth-order valence-electron chi connectivity index (χ4n) is 4.65. The van der Waals surface area contributed by atoms with Crippen LogP contribution in [0.3, 0.4) is 0 Å². The third-order valence-electron chi connectivity index (χ3n) is 6.88. The van der Waals surface area contributed by atoms with E-state index in [2.05, 4.69) is 36.8 Å². The molecule has 2 saturated heterocycles. The third kappa shape index (κ3) is 7.19. The predicted molar refractivity (Wildman–Crippen MR) is 172 cm³/mol. The molecular weight excluding hydrogens is 686 g/mol. The number of anilines is 1. The Bertz CT molecular complexity index is 1490. The molecule has 218 valence electrons. The van der Waals surface area contributed by atoms with Crippen LogP contribution < -0.4 is 14.4 Å². The van der Waals surface area contributed by atoms with E-state index in [4.69, 9.17) is 9.47 Å². The van der Waals surface area contributed by atoms with Gasteiger partial charge >= 0.3 is 0 Å². The number of halogens is 2. The second kappa shape index (κ2) is 13.8. The van der Waals surface area contributed by atoms with Crippen molar-refractivity contribution in [2.45, 2.75) is 13.5 Å². The van der Waals surface area contributed by atoms with Crippen LogP contribution in [0.5, 0.6) is 11.5 Å². The first-order chi connectivity index (χ1) is 20.3. The maximum atomic E-state index is 13.2. The fraction of sp³-hybridized carbons (Fsp3) is 0.258. The largest absolute Gasteiger partial charge is 0.490 e. The van der Waals surface area contributed by atoms with Crippen LogP contribution in [0.15, 0.2) is 80.6 Å².